The van der Waals surface area contributed by atoms with Crippen LogP contribution in [0.4, 0.5) is 15.8 Å². The summed E-state index contributed by atoms with van der Waals surface area (Å²) in [4.78, 5) is 2.47. The molecule has 0 spiro atoms. The van der Waals surface area contributed by atoms with Crippen LogP contribution in [0.25, 0.3) is 0 Å². The fraction of sp³-hybridized carbons (Fsp3) is 0.538. The van der Waals surface area contributed by atoms with Gasteiger partial charge in [0.2, 0.25) is 0 Å². The number of benzene rings is 2. The third-order valence-electron chi connectivity index (χ3n) is 6.62. The molecule has 1 aliphatic carbocycles. The normalized spacial score (nSPS) is 17.1. The molecule has 0 saturated heterocycles. The summed E-state index contributed by atoms with van der Waals surface area (Å²) >= 11 is 0. The van der Waals surface area contributed by atoms with Gasteiger partial charge in [-0.25, -0.2) is 4.39 Å². The van der Waals surface area contributed by atoms with E-state index in [1.807, 2.05) is 6.07 Å². The Kier molecular flexibility index (Phi) is 5.59. The van der Waals surface area contributed by atoms with Crippen LogP contribution in [-0.4, -0.2) is 13.1 Å². The minimum atomic E-state index is -0.119. The van der Waals surface area contributed by atoms with Gasteiger partial charge in [0.25, 0.3) is 0 Å². The van der Waals surface area contributed by atoms with Crippen LogP contribution in [0.5, 0.6) is 0 Å². The second-order valence-corrected chi connectivity index (χ2v) is 10.2. The summed E-state index contributed by atoms with van der Waals surface area (Å²) in [5.41, 5.74) is 8.31. The van der Waals surface area contributed by atoms with Gasteiger partial charge in [-0.1, -0.05) is 33.3 Å². The first-order valence-electron chi connectivity index (χ1n) is 11.2. The van der Waals surface area contributed by atoms with Crippen molar-refractivity contribution in [2.24, 2.45) is 5.41 Å². The van der Waals surface area contributed by atoms with Gasteiger partial charge in [-0.15, -0.1) is 0 Å². The van der Waals surface area contributed by atoms with Crippen LogP contribution in [0.1, 0.15) is 74.6 Å². The van der Waals surface area contributed by atoms with Crippen molar-refractivity contribution in [1.82, 2.24) is 0 Å². The number of nitrogens with one attached hydrogen (secondary N) is 1. The van der Waals surface area contributed by atoms with Gasteiger partial charge in [0.15, 0.2) is 0 Å². The molecule has 2 aromatic carbocycles. The summed E-state index contributed by atoms with van der Waals surface area (Å²) in [6.45, 7) is 12.0. The Morgan fingerprint density at radius 2 is 1.90 bits per heavy atom. The van der Waals surface area contributed by atoms with Gasteiger partial charge in [-0.05, 0) is 90.5 Å². The van der Waals surface area contributed by atoms with E-state index in [4.69, 9.17) is 0 Å². The molecule has 0 radical (unpaired) electrons. The molecular weight excluding hydrogens is 359 g/mol. The van der Waals surface area contributed by atoms with E-state index in [-0.39, 0.29) is 5.82 Å². The SMILES string of the molecule is Cc1cc(N2CCc3cc(F)ccc3C2)cc(C2CCC2)c1NCCC(C)(C)C. The lowest BCUT2D eigenvalue weighted by Crippen LogP contribution is -2.30. The van der Waals surface area contributed by atoms with E-state index in [1.54, 1.807) is 12.1 Å². The molecule has 1 aliphatic heterocycles. The van der Waals surface area contributed by atoms with Gasteiger partial charge in [0.05, 0.1) is 0 Å². The summed E-state index contributed by atoms with van der Waals surface area (Å²) in [6, 6.07) is 10.0. The van der Waals surface area contributed by atoms with Crippen molar-refractivity contribution in [3.8, 4) is 0 Å². The zero-order chi connectivity index (χ0) is 20.6. The van der Waals surface area contributed by atoms with Gasteiger partial charge in [0.1, 0.15) is 5.82 Å². The summed E-state index contributed by atoms with van der Waals surface area (Å²) in [7, 11) is 0. The second kappa shape index (κ2) is 8.01. The fourth-order valence-electron chi connectivity index (χ4n) is 4.56. The molecule has 1 heterocycles. The van der Waals surface area contributed by atoms with E-state index in [2.05, 4.69) is 50.0 Å². The van der Waals surface area contributed by atoms with E-state index < -0.39 is 0 Å². The number of hydrogen-bond donors (Lipinski definition) is 1. The van der Waals surface area contributed by atoms with Crippen LogP contribution in [0.3, 0.4) is 0 Å². The van der Waals surface area contributed by atoms with Crippen molar-refractivity contribution in [3.63, 3.8) is 0 Å². The predicted molar refractivity (Wildman–Crippen MR) is 121 cm³/mol. The highest BCUT2D eigenvalue weighted by atomic mass is 19.1. The minimum absolute atomic E-state index is 0.119. The van der Waals surface area contributed by atoms with Gasteiger partial charge < -0.3 is 10.2 Å². The number of nitrogens with zero attached hydrogens (tertiary/aromatic N) is 1. The highest BCUT2D eigenvalue weighted by molar-refractivity contribution is 5.67. The maximum atomic E-state index is 13.6. The third-order valence-corrected chi connectivity index (χ3v) is 6.62. The van der Waals surface area contributed by atoms with Crippen molar-refractivity contribution in [2.75, 3.05) is 23.3 Å². The third kappa shape index (κ3) is 4.60. The largest absolute Gasteiger partial charge is 0.385 e. The van der Waals surface area contributed by atoms with Crippen LogP contribution >= 0.6 is 0 Å². The van der Waals surface area contributed by atoms with Crippen LogP contribution < -0.4 is 10.2 Å². The van der Waals surface area contributed by atoms with E-state index >= 15 is 0 Å². The fourth-order valence-corrected chi connectivity index (χ4v) is 4.56. The first-order valence-corrected chi connectivity index (χ1v) is 11.2. The quantitative estimate of drug-likeness (QED) is 0.599. The Morgan fingerprint density at radius 3 is 2.59 bits per heavy atom. The topological polar surface area (TPSA) is 15.3 Å². The Bertz CT molecular complexity index is 877. The average molecular weight is 395 g/mol. The average Bonchev–Trinajstić information content (AvgIpc) is 2.60. The smallest absolute Gasteiger partial charge is 0.123 e. The molecule has 3 heteroatoms. The van der Waals surface area contributed by atoms with Gasteiger partial charge >= 0.3 is 0 Å². The second-order valence-electron chi connectivity index (χ2n) is 10.2. The number of hydrogen-bond acceptors (Lipinski definition) is 2. The number of aryl methyl sites for hydroxylation is 1. The van der Waals surface area contributed by atoms with E-state index in [0.717, 1.165) is 38.0 Å². The zero-order valence-electron chi connectivity index (χ0n) is 18.4. The van der Waals surface area contributed by atoms with E-state index in [1.165, 1.54) is 47.3 Å². The van der Waals surface area contributed by atoms with E-state index in [9.17, 15) is 4.39 Å². The standard InChI is InChI=1S/C26H35FN2/c1-18-14-23(29-13-10-20-15-22(27)9-8-21(20)17-29)16-24(19-6-5-7-19)25(18)28-12-11-26(2,3)4/h8-9,14-16,19,28H,5-7,10-13,17H2,1-4H3. The van der Waals surface area contributed by atoms with Crippen molar-refractivity contribution in [3.05, 3.63) is 58.4 Å². The molecule has 0 bridgehead atoms. The lowest BCUT2D eigenvalue weighted by Gasteiger charge is -2.34. The number of anilines is 2. The van der Waals surface area contributed by atoms with Crippen LogP contribution in [0, 0.1) is 18.2 Å². The van der Waals surface area contributed by atoms with Crippen molar-refractivity contribution in [2.45, 2.75) is 72.3 Å². The van der Waals surface area contributed by atoms with Crippen LogP contribution in [-0.2, 0) is 13.0 Å². The minimum Gasteiger partial charge on any atom is -0.385 e. The monoisotopic (exact) mass is 394 g/mol. The van der Waals surface area contributed by atoms with Crippen molar-refractivity contribution >= 4 is 11.4 Å². The molecule has 2 nitrogen and oxygen atoms in total. The Hall–Kier alpha value is -2.03. The molecule has 2 aliphatic rings. The molecule has 29 heavy (non-hydrogen) atoms. The maximum Gasteiger partial charge on any atom is 0.123 e. The Morgan fingerprint density at radius 1 is 1.10 bits per heavy atom. The summed E-state index contributed by atoms with van der Waals surface area (Å²) in [5.74, 6) is 0.572. The number of halogens is 1. The highest BCUT2D eigenvalue weighted by Gasteiger charge is 2.26. The van der Waals surface area contributed by atoms with E-state index in [0.29, 0.717) is 11.3 Å². The molecule has 0 aromatic heterocycles. The Labute approximate surface area is 175 Å². The Balaban J connectivity index is 1.58. The molecular formula is C26H35FN2. The molecule has 1 fully saturated rings. The predicted octanol–water partition coefficient (Wildman–Crippen LogP) is 6.81. The van der Waals surface area contributed by atoms with Crippen molar-refractivity contribution in [1.29, 1.82) is 0 Å². The summed E-state index contributed by atoms with van der Waals surface area (Å²) in [6.07, 6.45) is 6.03. The van der Waals surface area contributed by atoms with Crippen LogP contribution in [0.2, 0.25) is 0 Å². The van der Waals surface area contributed by atoms with Crippen LogP contribution in [0.15, 0.2) is 30.3 Å². The maximum absolute atomic E-state index is 13.6. The molecule has 4 rings (SSSR count). The first-order chi connectivity index (χ1) is 13.8. The lowest BCUT2D eigenvalue weighted by atomic mass is 9.78. The molecule has 0 amide bonds. The molecule has 2 aromatic rings. The number of fused-ring (bicyclic) bond motifs is 1. The van der Waals surface area contributed by atoms with Gasteiger partial charge in [0, 0.05) is 31.0 Å². The van der Waals surface area contributed by atoms with Gasteiger partial charge in [-0.2, -0.15) is 0 Å². The summed E-state index contributed by atoms with van der Waals surface area (Å²) in [5, 5.41) is 3.78. The van der Waals surface area contributed by atoms with Crippen molar-refractivity contribution < 1.29 is 4.39 Å². The molecule has 0 unspecified atom stereocenters. The lowest BCUT2D eigenvalue weighted by molar-refractivity contribution is 0.389. The molecule has 0 atom stereocenters. The van der Waals surface area contributed by atoms with Gasteiger partial charge in [-0.3, -0.25) is 0 Å². The zero-order valence-corrected chi connectivity index (χ0v) is 18.4. The molecule has 1 saturated carbocycles. The molecule has 156 valence electrons. The summed E-state index contributed by atoms with van der Waals surface area (Å²) < 4.78 is 13.6. The number of rotatable bonds is 5. The first kappa shape index (κ1) is 20.3. The molecule has 1 N–H and O–H groups in total. The highest BCUT2D eigenvalue weighted by Crippen LogP contribution is 2.43.